The van der Waals surface area contributed by atoms with Gasteiger partial charge in [0.15, 0.2) is 0 Å². The lowest BCUT2D eigenvalue weighted by Gasteiger charge is -2.33. The van der Waals surface area contributed by atoms with Crippen molar-refractivity contribution in [1.29, 1.82) is 0 Å². The molecule has 1 aromatic rings. The van der Waals surface area contributed by atoms with Crippen LogP contribution in [0.15, 0.2) is 24.3 Å². The Labute approximate surface area is 129 Å². The fraction of sp³-hybridized carbons (Fsp3) is 0.684. The van der Waals surface area contributed by atoms with Gasteiger partial charge in [-0.15, -0.1) is 0 Å². The highest BCUT2D eigenvalue weighted by Gasteiger charge is 2.40. The van der Waals surface area contributed by atoms with Gasteiger partial charge in [-0.1, -0.05) is 43.5 Å². The number of hydrogen-bond donors (Lipinski definition) is 1. The summed E-state index contributed by atoms with van der Waals surface area (Å²) < 4.78 is 6.44. The van der Waals surface area contributed by atoms with E-state index in [0.29, 0.717) is 12.1 Å². The van der Waals surface area contributed by atoms with Crippen molar-refractivity contribution in [2.45, 2.75) is 76.5 Å². The number of rotatable bonds is 4. The van der Waals surface area contributed by atoms with Gasteiger partial charge in [0.05, 0.1) is 11.7 Å². The molecule has 1 aliphatic carbocycles. The predicted octanol–water partition coefficient (Wildman–Crippen LogP) is 4.53. The van der Waals surface area contributed by atoms with E-state index in [-0.39, 0.29) is 5.60 Å². The molecule has 0 amide bonds. The summed E-state index contributed by atoms with van der Waals surface area (Å²) in [6.07, 6.45) is 9.62. The first-order valence-corrected chi connectivity index (χ1v) is 8.65. The number of aryl methyl sites for hydroxylation is 1. The summed E-state index contributed by atoms with van der Waals surface area (Å²) in [5, 5.41) is 3.68. The molecule has 3 rings (SSSR count). The molecule has 1 aromatic carbocycles. The molecule has 1 heterocycles. The Morgan fingerprint density at radius 1 is 1.19 bits per heavy atom. The van der Waals surface area contributed by atoms with E-state index >= 15 is 0 Å². The highest BCUT2D eigenvalue weighted by molar-refractivity contribution is 5.28. The second kappa shape index (κ2) is 6.50. The van der Waals surface area contributed by atoms with Crippen molar-refractivity contribution >= 4 is 0 Å². The van der Waals surface area contributed by atoms with Crippen LogP contribution in [0.25, 0.3) is 0 Å². The van der Waals surface area contributed by atoms with E-state index in [2.05, 4.69) is 43.4 Å². The molecule has 0 bridgehead atoms. The van der Waals surface area contributed by atoms with Gasteiger partial charge < -0.3 is 10.1 Å². The van der Waals surface area contributed by atoms with Crippen LogP contribution < -0.4 is 5.32 Å². The van der Waals surface area contributed by atoms with Gasteiger partial charge in [-0.25, -0.2) is 0 Å². The average Bonchev–Trinajstić information content (AvgIpc) is 2.89. The summed E-state index contributed by atoms with van der Waals surface area (Å²) in [6, 6.07) is 9.06. The van der Waals surface area contributed by atoms with Crippen molar-refractivity contribution in [3.05, 3.63) is 35.4 Å². The Morgan fingerprint density at radius 2 is 1.95 bits per heavy atom. The monoisotopic (exact) mass is 287 g/mol. The van der Waals surface area contributed by atoms with E-state index in [9.17, 15) is 0 Å². The van der Waals surface area contributed by atoms with Crippen LogP contribution >= 0.6 is 0 Å². The summed E-state index contributed by atoms with van der Waals surface area (Å²) >= 11 is 0. The molecule has 1 N–H and O–H groups in total. The third-order valence-electron chi connectivity index (χ3n) is 5.41. The zero-order valence-corrected chi connectivity index (χ0v) is 13.5. The average molecular weight is 287 g/mol. The number of nitrogens with one attached hydrogen (secondary N) is 1. The van der Waals surface area contributed by atoms with Crippen molar-refractivity contribution in [2.24, 2.45) is 0 Å². The van der Waals surface area contributed by atoms with E-state index in [1.807, 2.05) is 0 Å². The van der Waals surface area contributed by atoms with Crippen LogP contribution in [0.2, 0.25) is 0 Å². The first kappa shape index (κ1) is 15.1. The largest absolute Gasteiger partial charge is 0.370 e. The lowest BCUT2D eigenvalue weighted by molar-refractivity contribution is -0.0628. The van der Waals surface area contributed by atoms with Gasteiger partial charge in [-0.05, 0) is 50.7 Å². The first-order chi connectivity index (χ1) is 10.2. The van der Waals surface area contributed by atoms with Crippen molar-refractivity contribution in [3.63, 3.8) is 0 Å². The van der Waals surface area contributed by atoms with Crippen LogP contribution in [-0.4, -0.2) is 18.2 Å². The Hall–Kier alpha value is -0.860. The van der Waals surface area contributed by atoms with E-state index in [1.165, 1.54) is 56.1 Å². The summed E-state index contributed by atoms with van der Waals surface area (Å²) in [5.41, 5.74) is 3.02. The van der Waals surface area contributed by atoms with Crippen LogP contribution in [0, 0.1) is 6.92 Å². The molecule has 2 nitrogen and oxygen atoms in total. The van der Waals surface area contributed by atoms with Crippen molar-refractivity contribution in [3.8, 4) is 0 Å². The highest BCUT2D eigenvalue weighted by Crippen LogP contribution is 2.41. The van der Waals surface area contributed by atoms with Gasteiger partial charge in [-0.2, -0.15) is 0 Å². The van der Waals surface area contributed by atoms with E-state index in [1.54, 1.807) is 0 Å². The minimum atomic E-state index is 0.247. The van der Waals surface area contributed by atoms with Crippen molar-refractivity contribution in [1.82, 2.24) is 5.32 Å². The van der Waals surface area contributed by atoms with E-state index in [4.69, 9.17) is 4.74 Å². The van der Waals surface area contributed by atoms with Gasteiger partial charge in [0.25, 0.3) is 0 Å². The fourth-order valence-corrected chi connectivity index (χ4v) is 4.09. The zero-order chi connectivity index (χ0) is 14.7. The van der Waals surface area contributed by atoms with E-state index in [0.717, 1.165) is 6.54 Å². The molecule has 2 heteroatoms. The Balaban J connectivity index is 1.51. The normalized spacial score (nSPS) is 26.1. The lowest BCUT2D eigenvalue weighted by atomic mass is 9.83. The molecular formula is C19H29NO. The molecule has 2 atom stereocenters. The maximum Gasteiger partial charge on any atom is 0.0708 e. The van der Waals surface area contributed by atoms with Gasteiger partial charge in [0.1, 0.15) is 0 Å². The number of hydrogen-bond acceptors (Lipinski definition) is 2. The molecule has 1 saturated heterocycles. The smallest absolute Gasteiger partial charge is 0.0708 e. The maximum atomic E-state index is 6.44. The second-order valence-corrected chi connectivity index (χ2v) is 7.01. The topological polar surface area (TPSA) is 21.3 Å². The van der Waals surface area contributed by atoms with Crippen molar-refractivity contribution in [2.75, 3.05) is 6.54 Å². The second-order valence-electron chi connectivity index (χ2n) is 7.01. The SMILES string of the molecule is Cc1ccccc1[C@H](C)NCC1CCC2(CCCCC2)O1. The number of ether oxygens (including phenoxy) is 1. The molecule has 2 aliphatic rings. The summed E-state index contributed by atoms with van der Waals surface area (Å²) in [7, 11) is 0. The maximum absolute atomic E-state index is 6.44. The van der Waals surface area contributed by atoms with Crippen LogP contribution in [-0.2, 0) is 4.74 Å². The lowest BCUT2D eigenvalue weighted by Crippen LogP contribution is -2.35. The highest BCUT2D eigenvalue weighted by atomic mass is 16.5. The predicted molar refractivity (Wildman–Crippen MR) is 87.5 cm³/mol. The van der Waals surface area contributed by atoms with Crippen LogP contribution in [0.4, 0.5) is 0 Å². The summed E-state index contributed by atoms with van der Waals surface area (Å²) in [6.45, 7) is 5.43. The van der Waals surface area contributed by atoms with Gasteiger partial charge in [0, 0.05) is 12.6 Å². The number of benzene rings is 1. The minimum Gasteiger partial charge on any atom is -0.370 e. The minimum absolute atomic E-state index is 0.247. The Kier molecular flexibility index (Phi) is 4.66. The summed E-state index contributed by atoms with van der Waals surface area (Å²) in [5.74, 6) is 0. The molecule has 1 saturated carbocycles. The molecule has 21 heavy (non-hydrogen) atoms. The van der Waals surface area contributed by atoms with Gasteiger partial charge in [-0.3, -0.25) is 0 Å². The molecule has 0 aromatic heterocycles. The first-order valence-electron chi connectivity index (χ1n) is 8.65. The molecule has 1 unspecified atom stereocenters. The third-order valence-corrected chi connectivity index (χ3v) is 5.41. The fourth-order valence-electron chi connectivity index (χ4n) is 4.09. The van der Waals surface area contributed by atoms with Crippen molar-refractivity contribution < 1.29 is 4.74 Å². The molecule has 2 fully saturated rings. The van der Waals surface area contributed by atoms with Gasteiger partial charge >= 0.3 is 0 Å². The third kappa shape index (κ3) is 3.49. The van der Waals surface area contributed by atoms with Crippen LogP contribution in [0.1, 0.15) is 69.0 Å². The zero-order valence-electron chi connectivity index (χ0n) is 13.5. The molecule has 116 valence electrons. The molecule has 0 radical (unpaired) electrons. The quantitative estimate of drug-likeness (QED) is 0.878. The molecule has 1 spiro atoms. The summed E-state index contributed by atoms with van der Waals surface area (Å²) in [4.78, 5) is 0. The Morgan fingerprint density at radius 3 is 2.71 bits per heavy atom. The van der Waals surface area contributed by atoms with Gasteiger partial charge in [0.2, 0.25) is 0 Å². The van der Waals surface area contributed by atoms with Crippen LogP contribution in [0.3, 0.4) is 0 Å². The van der Waals surface area contributed by atoms with E-state index < -0.39 is 0 Å². The Bertz CT molecular complexity index is 464. The molecule has 1 aliphatic heterocycles. The standard InChI is InChI=1S/C19H29NO/c1-15-8-4-5-9-18(15)16(2)20-14-17-10-13-19(21-17)11-6-3-7-12-19/h4-5,8-9,16-17,20H,3,6-7,10-14H2,1-2H3/t16-,17?/m0/s1. The molecular weight excluding hydrogens is 258 g/mol. The van der Waals surface area contributed by atoms with Crippen LogP contribution in [0.5, 0.6) is 0 Å².